The molecule has 0 heterocycles. The average Bonchev–Trinajstić information content (AvgIpc) is 2.56. The van der Waals surface area contributed by atoms with Crippen molar-refractivity contribution in [2.45, 2.75) is 20.3 Å². The lowest BCUT2D eigenvalue weighted by Crippen LogP contribution is -2.12. The van der Waals surface area contributed by atoms with E-state index >= 15 is 0 Å². The quantitative estimate of drug-likeness (QED) is 0.619. The van der Waals surface area contributed by atoms with E-state index in [1.165, 1.54) is 6.07 Å². The van der Waals surface area contributed by atoms with E-state index in [-0.39, 0.29) is 34.6 Å². The fourth-order valence-electron chi connectivity index (χ4n) is 2.74. The monoisotopic (exact) mass is 390 g/mol. The summed E-state index contributed by atoms with van der Waals surface area (Å²) in [6, 6.07) is 9.84. The van der Waals surface area contributed by atoms with Crippen molar-refractivity contribution in [3.63, 3.8) is 0 Å². The molecule has 0 amide bonds. The first kappa shape index (κ1) is 20.3. The molecule has 6 nitrogen and oxygen atoms in total. The first-order chi connectivity index (χ1) is 12.7. The number of carboxylic acid groups (broad SMARTS) is 2. The Bertz CT molecular complexity index is 917. The van der Waals surface area contributed by atoms with E-state index in [2.05, 4.69) is 0 Å². The number of carboxylic acids is 2. The molecule has 0 aromatic heterocycles. The van der Waals surface area contributed by atoms with Crippen LogP contribution in [-0.2, 0) is 16.0 Å². The maximum absolute atomic E-state index is 11.9. The second-order valence-electron chi connectivity index (χ2n) is 6.06. The van der Waals surface area contributed by atoms with Crippen LogP contribution in [-0.4, -0.2) is 33.9 Å². The summed E-state index contributed by atoms with van der Waals surface area (Å²) in [5.74, 6) is -2.41. The van der Waals surface area contributed by atoms with E-state index in [1.54, 1.807) is 44.2 Å². The molecule has 0 saturated carbocycles. The zero-order valence-electron chi connectivity index (χ0n) is 14.8. The zero-order chi connectivity index (χ0) is 20.1. The molecule has 0 atom stereocenters. The normalized spacial score (nSPS) is 11.7. The smallest absolute Gasteiger partial charge is 0.341 e. The van der Waals surface area contributed by atoms with Crippen molar-refractivity contribution in [1.29, 1.82) is 0 Å². The van der Waals surface area contributed by atoms with Crippen molar-refractivity contribution < 1.29 is 29.6 Å². The standard InChI is InChI=1S/C20H19ClO6/c1-11-6-16(22)19(17(7-11)27-10-18(23)24)12(2)15(20(25)26)9-13-4-3-5-14(21)8-13/h3-8,22H,9-10H2,1-2H3,(H,23,24)(H,25,26)/b15-12-. The van der Waals surface area contributed by atoms with Crippen LogP contribution >= 0.6 is 11.6 Å². The zero-order valence-corrected chi connectivity index (χ0v) is 15.6. The summed E-state index contributed by atoms with van der Waals surface area (Å²) in [5, 5.41) is 29.4. The van der Waals surface area contributed by atoms with Gasteiger partial charge >= 0.3 is 11.9 Å². The van der Waals surface area contributed by atoms with Crippen LogP contribution in [0.2, 0.25) is 5.02 Å². The fourth-order valence-corrected chi connectivity index (χ4v) is 2.95. The Morgan fingerprint density at radius 2 is 1.85 bits per heavy atom. The summed E-state index contributed by atoms with van der Waals surface area (Å²) in [6.07, 6.45) is 0.0768. The Balaban J connectivity index is 2.57. The van der Waals surface area contributed by atoms with Gasteiger partial charge < -0.3 is 20.1 Å². The number of halogens is 1. The fraction of sp³-hybridized carbons (Fsp3) is 0.200. The van der Waals surface area contributed by atoms with Crippen molar-refractivity contribution in [3.8, 4) is 11.5 Å². The number of carbonyl (C=O) groups is 2. The molecule has 3 N–H and O–H groups in total. The first-order valence-electron chi connectivity index (χ1n) is 8.05. The lowest BCUT2D eigenvalue weighted by atomic mass is 9.94. The third-order valence-electron chi connectivity index (χ3n) is 3.93. The second-order valence-corrected chi connectivity index (χ2v) is 6.49. The van der Waals surface area contributed by atoms with Crippen LogP contribution in [0.1, 0.15) is 23.6 Å². The van der Waals surface area contributed by atoms with Crippen molar-refractivity contribution in [2.24, 2.45) is 0 Å². The number of ether oxygens (including phenoxy) is 1. The molecular weight excluding hydrogens is 372 g/mol. The van der Waals surface area contributed by atoms with Crippen LogP contribution in [0.4, 0.5) is 0 Å². The highest BCUT2D eigenvalue weighted by atomic mass is 35.5. The summed E-state index contributed by atoms with van der Waals surface area (Å²) in [7, 11) is 0. The van der Waals surface area contributed by atoms with Crippen LogP contribution in [0.25, 0.3) is 5.57 Å². The molecule has 0 spiro atoms. The minimum absolute atomic E-state index is 0.0385. The number of phenolic OH excluding ortho intramolecular Hbond substituents is 1. The molecule has 2 aromatic carbocycles. The number of benzene rings is 2. The van der Waals surface area contributed by atoms with Crippen LogP contribution in [0.3, 0.4) is 0 Å². The minimum Gasteiger partial charge on any atom is -0.507 e. The Morgan fingerprint density at radius 1 is 1.15 bits per heavy atom. The molecule has 142 valence electrons. The Morgan fingerprint density at radius 3 is 2.44 bits per heavy atom. The number of aromatic hydroxyl groups is 1. The number of hydrogen-bond acceptors (Lipinski definition) is 4. The highest BCUT2D eigenvalue weighted by Gasteiger charge is 2.20. The lowest BCUT2D eigenvalue weighted by Gasteiger charge is -2.16. The molecule has 0 saturated heterocycles. The summed E-state index contributed by atoms with van der Waals surface area (Å²) in [6.45, 7) is 2.64. The van der Waals surface area contributed by atoms with Gasteiger partial charge in [-0.15, -0.1) is 0 Å². The average molecular weight is 391 g/mol. The van der Waals surface area contributed by atoms with Gasteiger partial charge in [-0.3, -0.25) is 0 Å². The Kier molecular flexibility index (Phi) is 6.47. The van der Waals surface area contributed by atoms with E-state index in [0.717, 1.165) is 0 Å². The molecule has 0 bridgehead atoms. The molecular formula is C20H19ClO6. The number of allylic oxidation sites excluding steroid dienone is 1. The maximum atomic E-state index is 11.9. The summed E-state index contributed by atoms with van der Waals surface area (Å²) in [4.78, 5) is 22.7. The third-order valence-corrected chi connectivity index (χ3v) is 4.17. The molecule has 2 aromatic rings. The molecule has 7 heteroatoms. The van der Waals surface area contributed by atoms with Crippen LogP contribution in [0.15, 0.2) is 42.0 Å². The molecule has 0 radical (unpaired) electrons. The van der Waals surface area contributed by atoms with Crippen LogP contribution in [0.5, 0.6) is 11.5 Å². The number of aryl methyl sites for hydroxylation is 1. The van der Waals surface area contributed by atoms with Crippen LogP contribution in [0, 0.1) is 6.92 Å². The van der Waals surface area contributed by atoms with Gasteiger partial charge in [-0.05, 0) is 54.8 Å². The van der Waals surface area contributed by atoms with E-state index in [4.69, 9.17) is 21.4 Å². The molecule has 0 aliphatic heterocycles. The van der Waals surface area contributed by atoms with Crippen molar-refractivity contribution in [3.05, 3.63) is 63.7 Å². The number of hydrogen-bond donors (Lipinski definition) is 3. The molecule has 0 fully saturated rings. The van der Waals surface area contributed by atoms with Crippen molar-refractivity contribution >= 4 is 29.1 Å². The number of phenols is 1. The molecule has 2 rings (SSSR count). The van der Waals surface area contributed by atoms with Gasteiger partial charge in [-0.2, -0.15) is 0 Å². The van der Waals surface area contributed by atoms with Crippen molar-refractivity contribution in [2.75, 3.05) is 6.61 Å². The van der Waals surface area contributed by atoms with E-state index in [9.17, 15) is 19.8 Å². The predicted octanol–water partition coefficient (Wildman–Crippen LogP) is 3.92. The number of rotatable bonds is 7. The summed E-state index contributed by atoms with van der Waals surface area (Å²) >= 11 is 5.96. The third kappa shape index (κ3) is 5.24. The lowest BCUT2D eigenvalue weighted by molar-refractivity contribution is -0.139. The van der Waals surface area contributed by atoms with Crippen LogP contribution < -0.4 is 4.74 Å². The first-order valence-corrected chi connectivity index (χ1v) is 8.43. The van der Waals surface area contributed by atoms with Crippen molar-refractivity contribution in [1.82, 2.24) is 0 Å². The molecule has 27 heavy (non-hydrogen) atoms. The second kappa shape index (κ2) is 8.60. The summed E-state index contributed by atoms with van der Waals surface area (Å²) < 4.78 is 5.27. The molecule has 0 unspecified atom stereocenters. The maximum Gasteiger partial charge on any atom is 0.341 e. The van der Waals surface area contributed by atoms with E-state index < -0.39 is 18.5 Å². The summed E-state index contributed by atoms with van der Waals surface area (Å²) in [5.41, 5.74) is 1.81. The van der Waals surface area contributed by atoms with Gasteiger partial charge in [0.05, 0.1) is 5.56 Å². The van der Waals surface area contributed by atoms with Gasteiger partial charge in [0, 0.05) is 17.0 Å². The Labute approximate surface area is 161 Å². The SMILES string of the molecule is C/C(=C(\Cc1cccc(Cl)c1)C(=O)O)c1c(O)cc(C)cc1OCC(=O)O. The van der Waals surface area contributed by atoms with Gasteiger partial charge in [0.25, 0.3) is 0 Å². The van der Waals surface area contributed by atoms with Gasteiger partial charge in [-0.1, -0.05) is 23.7 Å². The van der Waals surface area contributed by atoms with E-state index in [0.29, 0.717) is 16.1 Å². The number of aliphatic carboxylic acids is 2. The highest BCUT2D eigenvalue weighted by molar-refractivity contribution is 6.30. The van der Waals surface area contributed by atoms with E-state index in [1.807, 2.05) is 0 Å². The van der Waals surface area contributed by atoms with Gasteiger partial charge in [-0.25, -0.2) is 9.59 Å². The topological polar surface area (TPSA) is 104 Å². The van der Waals surface area contributed by atoms with Gasteiger partial charge in [0.1, 0.15) is 11.5 Å². The molecule has 0 aliphatic carbocycles. The predicted molar refractivity (Wildman–Crippen MR) is 101 cm³/mol. The highest BCUT2D eigenvalue weighted by Crippen LogP contribution is 2.37. The Hall–Kier alpha value is -2.99. The molecule has 0 aliphatic rings. The van der Waals surface area contributed by atoms with Gasteiger partial charge in [0.15, 0.2) is 6.61 Å². The minimum atomic E-state index is -1.18. The van der Waals surface area contributed by atoms with Gasteiger partial charge in [0.2, 0.25) is 0 Å². The largest absolute Gasteiger partial charge is 0.507 e.